The third-order valence-electron chi connectivity index (χ3n) is 8.27. The van der Waals surface area contributed by atoms with E-state index in [0.717, 1.165) is 45.6 Å². The van der Waals surface area contributed by atoms with Gasteiger partial charge in [-0.05, 0) is 86.0 Å². The van der Waals surface area contributed by atoms with E-state index in [9.17, 15) is 0 Å². The Kier molecular flexibility index (Phi) is 9.75. The molecule has 5 aliphatic heterocycles. The Hall–Kier alpha value is -4.38. The van der Waals surface area contributed by atoms with Gasteiger partial charge in [0, 0.05) is 23.0 Å². The second-order valence-corrected chi connectivity index (χ2v) is 13.6. The average molecular weight is 637 g/mol. The van der Waals surface area contributed by atoms with Gasteiger partial charge in [0.15, 0.2) is 0 Å². The molecule has 6 aromatic carbocycles. The van der Waals surface area contributed by atoms with E-state index in [1.165, 1.54) is 44.5 Å². The quantitative estimate of drug-likeness (QED) is 0.165. The maximum absolute atomic E-state index is 6.13. The first-order valence-electron chi connectivity index (χ1n) is 15.7. The van der Waals surface area contributed by atoms with Crippen LogP contribution in [0.15, 0.2) is 146 Å². The van der Waals surface area contributed by atoms with Crippen LogP contribution in [0.3, 0.4) is 0 Å². The summed E-state index contributed by atoms with van der Waals surface area (Å²) in [7, 11) is 0. The van der Waals surface area contributed by atoms with E-state index in [1.54, 1.807) is 0 Å². The highest BCUT2D eigenvalue weighted by Gasteiger charge is 2.07. The van der Waals surface area contributed by atoms with Crippen LogP contribution >= 0.6 is 23.5 Å². The van der Waals surface area contributed by atoms with Gasteiger partial charge in [-0.1, -0.05) is 115 Å². The van der Waals surface area contributed by atoms with E-state index in [2.05, 4.69) is 146 Å². The highest BCUT2D eigenvalue weighted by molar-refractivity contribution is 7.98. The molecule has 5 heterocycles. The average Bonchev–Trinajstić information content (AvgIpc) is 3.12. The molecule has 10 bridgehead atoms. The molecule has 0 unspecified atom stereocenters. The van der Waals surface area contributed by atoms with Crippen LogP contribution in [-0.4, -0.2) is 0 Å². The zero-order chi connectivity index (χ0) is 31.0. The zero-order valence-corrected chi connectivity index (χ0v) is 27.4. The van der Waals surface area contributed by atoms with Crippen LogP contribution < -0.4 is 9.47 Å². The van der Waals surface area contributed by atoms with Gasteiger partial charge in [0.05, 0.1) is 0 Å². The fourth-order valence-corrected chi connectivity index (χ4v) is 7.62. The van der Waals surface area contributed by atoms with Crippen molar-refractivity contribution >= 4 is 23.5 Å². The Labute approximate surface area is 280 Å². The molecule has 11 rings (SSSR count). The number of benzene rings is 6. The van der Waals surface area contributed by atoms with Crippen molar-refractivity contribution < 1.29 is 9.47 Å². The number of hydrogen-bond acceptors (Lipinski definition) is 4. The summed E-state index contributed by atoms with van der Waals surface area (Å²) in [5, 5.41) is 0. The Morgan fingerprint density at radius 1 is 0.348 bits per heavy atom. The van der Waals surface area contributed by atoms with Gasteiger partial charge >= 0.3 is 0 Å². The van der Waals surface area contributed by atoms with Crippen molar-refractivity contribution in [2.75, 3.05) is 0 Å². The summed E-state index contributed by atoms with van der Waals surface area (Å²) < 4.78 is 12.3. The molecule has 6 aromatic rings. The highest BCUT2D eigenvalue weighted by Crippen LogP contribution is 2.29. The monoisotopic (exact) mass is 636 g/mol. The van der Waals surface area contributed by atoms with Gasteiger partial charge < -0.3 is 9.47 Å². The second kappa shape index (κ2) is 14.8. The summed E-state index contributed by atoms with van der Waals surface area (Å²) in [6.07, 6.45) is 0. The van der Waals surface area contributed by atoms with E-state index >= 15 is 0 Å². The Balaban J connectivity index is 1.10. The number of hydrogen-bond donors (Lipinski definition) is 0. The Bertz CT molecular complexity index is 1730. The van der Waals surface area contributed by atoms with Crippen molar-refractivity contribution in [3.8, 4) is 33.8 Å². The summed E-state index contributed by atoms with van der Waals surface area (Å²) in [4.78, 5) is 0. The molecule has 0 saturated carbocycles. The van der Waals surface area contributed by atoms with Gasteiger partial charge in [-0.3, -0.25) is 0 Å². The molecule has 0 amide bonds. The number of rotatable bonds is 0. The van der Waals surface area contributed by atoms with Crippen LogP contribution in [0.25, 0.3) is 22.3 Å². The normalized spacial score (nSPS) is 13.7. The van der Waals surface area contributed by atoms with Gasteiger partial charge in [0.2, 0.25) is 0 Å². The van der Waals surface area contributed by atoms with Crippen LogP contribution in [0, 0.1) is 0 Å². The standard InChI is InChI=1S/C42H36O2S2/c1-2-5-40-30-46-28-34-14-22-42(23-15-34)44-26-32-10-18-36(19-11-32)38-7-3-6-37(24-38)35-16-8-31(9-17-35)25-43-41-20-12-33(13-21-41)27-45-29-39(40)4-1/h1-24H,25-30H2. The molecule has 0 aromatic heterocycles. The van der Waals surface area contributed by atoms with E-state index in [-0.39, 0.29) is 0 Å². The van der Waals surface area contributed by atoms with Gasteiger partial charge in [0.25, 0.3) is 0 Å². The summed E-state index contributed by atoms with van der Waals surface area (Å²) in [5.41, 5.74) is 12.6. The lowest BCUT2D eigenvalue weighted by atomic mass is 9.98. The van der Waals surface area contributed by atoms with E-state index in [1.807, 2.05) is 23.5 Å². The lowest BCUT2D eigenvalue weighted by Crippen LogP contribution is -1.96. The smallest absolute Gasteiger partial charge is 0.119 e. The molecule has 228 valence electrons. The van der Waals surface area contributed by atoms with Crippen molar-refractivity contribution in [1.82, 2.24) is 0 Å². The Morgan fingerprint density at radius 3 is 1.20 bits per heavy atom. The molecule has 5 aliphatic rings. The van der Waals surface area contributed by atoms with Crippen LogP contribution in [0.1, 0.15) is 33.4 Å². The van der Waals surface area contributed by atoms with Crippen molar-refractivity contribution in [3.63, 3.8) is 0 Å². The van der Waals surface area contributed by atoms with Crippen LogP contribution in [0.5, 0.6) is 11.5 Å². The predicted molar refractivity (Wildman–Crippen MR) is 195 cm³/mol. The number of ether oxygens (including phenoxy) is 2. The molecule has 4 heteroatoms. The molecular formula is C42H36O2S2. The van der Waals surface area contributed by atoms with Crippen molar-refractivity contribution in [3.05, 3.63) is 179 Å². The van der Waals surface area contributed by atoms with Crippen LogP contribution in [0.4, 0.5) is 0 Å². The zero-order valence-electron chi connectivity index (χ0n) is 25.7. The molecule has 0 fully saturated rings. The summed E-state index contributed by atoms with van der Waals surface area (Å²) >= 11 is 3.92. The van der Waals surface area contributed by atoms with Gasteiger partial charge in [-0.2, -0.15) is 23.5 Å². The first-order valence-corrected chi connectivity index (χ1v) is 18.0. The molecule has 0 aliphatic carbocycles. The predicted octanol–water partition coefficient (Wildman–Crippen LogP) is 11.4. The van der Waals surface area contributed by atoms with Crippen molar-refractivity contribution in [1.29, 1.82) is 0 Å². The molecule has 0 atom stereocenters. The number of thioether (sulfide) groups is 2. The molecule has 0 saturated heterocycles. The SMILES string of the molecule is c1cc2cc(c1)-c1ccc(cc1)COc1ccc(cc1)CSCc1ccccc1CSCc1ccc(cc1)OCc1ccc-2cc1. The van der Waals surface area contributed by atoms with Crippen molar-refractivity contribution in [2.24, 2.45) is 0 Å². The van der Waals surface area contributed by atoms with Gasteiger partial charge in [-0.25, -0.2) is 0 Å². The lowest BCUT2D eigenvalue weighted by molar-refractivity contribution is 0.306. The summed E-state index contributed by atoms with van der Waals surface area (Å²) in [6, 6.07) is 52.1. The van der Waals surface area contributed by atoms with Crippen LogP contribution in [0.2, 0.25) is 0 Å². The lowest BCUT2D eigenvalue weighted by Gasteiger charge is -2.11. The van der Waals surface area contributed by atoms with E-state index in [0.29, 0.717) is 13.2 Å². The second-order valence-electron chi connectivity index (χ2n) is 11.6. The minimum atomic E-state index is 0.546. The molecule has 0 spiro atoms. The highest BCUT2D eigenvalue weighted by atomic mass is 32.2. The minimum Gasteiger partial charge on any atom is -0.489 e. The fraction of sp³-hybridized carbons (Fsp3) is 0.143. The first kappa shape index (κ1) is 30.3. The topological polar surface area (TPSA) is 18.5 Å². The molecule has 2 nitrogen and oxygen atoms in total. The van der Waals surface area contributed by atoms with Crippen LogP contribution in [-0.2, 0) is 36.2 Å². The molecular weight excluding hydrogens is 601 g/mol. The first-order chi connectivity index (χ1) is 22.7. The van der Waals surface area contributed by atoms with Crippen molar-refractivity contribution in [2.45, 2.75) is 36.2 Å². The number of fused-ring (bicyclic) bond motifs is 4. The molecule has 46 heavy (non-hydrogen) atoms. The maximum atomic E-state index is 6.13. The Morgan fingerprint density at radius 2 is 0.761 bits per heavy atom. The molecule has 0 N–H and O–H groups in total. The van der Waals surface area contributed by atoms with Gasteiger partial charge in [-0.15, -0.1) is 0 Å². The summed E-state index contributed by atoms with van der Waals surface area (Å²) in [6.45, 7) is 1.09. The minimum absolute atomic E-state index is 0.546. The third kappa shape index (κ3) is 7.88. The third-order valence-corrected chi connectivity index (χ3v) is 10.4. The van der Waals surface area contributed by atoms with Gasteiger partial charge in [0.1, 0.15) is 24.7 Å². The van der Waals surface area contributed by atoms with E-state index < -0.39 is 0 Å². The maximum Gasteiger partial charge on any atom is 0.119 e. The fourth-order valence-electron chi connectivity index (χ4n) is 5.56. The summed E-state index contributed by atoms with van der Waals surface area (Å²) in [5.74, 6) is 5.76. The molecule has 0 radical (unpaired) electrons. The van der Waals surface area contributed by atoms with E-state index in [4.69, 9.17) is 9.47 Å². The largest absolute Gasteiger partial charge is 0.489 e.